The van der Waals surface area contributed by atoms with Gasteiger partial charge in [-0.25, -0.2) is 0 Å². The predicted molar refractivity (Wildman–Crippen MR) is 36.3 cm³/mol. The van der Waals surface area contributed by atoms with Crippen molar-refractivity contribution in [2.24, 2.45) is 0 Å². The van der Waals surface area contributed by atoms with Crippen LogP contribution in [-0.4, -0.2) is 0 Å². The molecule has 0 amide bonds. The van der Waals surface area contributed by atoms with E-state index in [9.17, 15) is 4.57 Å². The minimum atomic E-state index is 0.186. The second-order valence-electron chi connectivity index (χ2n) is 1.55. The highest BCUT2D eigenvalue weighted by Gasteiger charge is 1.86. The van der Waals surface area contributed by atoms with Crippen molar-refractivity contribution in [3.8, 4) is 0 Å². The molecule has 8 heavy (non-hydrogen) atoms. The third-order valence-corrected chi connectivity index (χ3v) is 1.65. The average Bonchev–Trinajstić information content (AvgIpc) is 1.83. The summed E-state index contributed by atoms with van der Waals surface area (Å²) in [7, 11) is 0.186. The first-order chi connectivity index (χ1) is 3.85. The monoisotopic (exact) mass is 130 g/mol. The zero-order chi connectivity index (χ0) is 6.41. The van der Waals surface area contributed by atoms with E-state index in [4.69, 9.17) is 0 Å². The lowest BCUT2D eigenvalue weighted by atomic mass is 10.3. The van der Waals surface area contributed by atoms with Crippen molar-refractivity contribution in [3.05, 3.63) is 11.4 Å². The molecule has 1 nitrogen and oxygen atoms in total. The summed E-state index contributed by atoms with van der Waals surface area (Å²) in [4.78, 5) is 0. The van der Waals surface area contributed by atoms with Crippen LogP contribution < -0.4 is 0 Å². The summed E-state index contributed by atoms with van der Waals surface area (Å²) >= 11 is 0. The quantitative estimate of drug-likeness (QED) is 0.536. The van der Waals surface area contributed by atoms with Gasteiger partial charge in [0.15, 0.2) is 8.46 Å². The second kappa shape index (κ2) is 4.99. The molecule has 0 saturated carbocycles. The zero-order valence-corrected chi connectivity index (χ0v) is 6.24. The summed E-state index contributed by atoms with van der Waals surface area (Å²) in [5.74, 6) is 0. The van der Waals surface area contributed by atoms with Gasteiger partial charge in [0.25, 0.3) is 0 Å². The molecule has 0 heterocycles. The van der Waals surface area contributed by atoms with Gasteiger partial charge in [-0.1, -0.05) is 19.9 Å². The average molecular weight is 130 g/mol. The third kappa shape index (κ3) is 2.92. The Balaban J connectivity index is 3.66. The molecule has 46 valence electrons. The lowest BCUT2D eigenvalue weighted by Gasteiger charge is -1.85. The molecule has 0 fully saturated rings. The minimum Gasteiger partial charge on any atom is -0.270 e. The Hall–Kier alpha value is -0.160. The highest BCUT2D eigenvalue weighted by atomic mass is 31.1. The van der Waals surface area contributed by atoms with Gasteiger partial charge in [0, 0.05) is 5.31 Å². The molecule has 0 spiro atoms. The van der Waals surface area contributed by atoms with Gasteiger partial charge < -0.3 is 0 Å². The van der Waals surface area contributed by atoms with E-state index in [1.807, 2.05) is 19.9 Å². The summed E-state index contributed by atoms with van der Waals surface area (Å²) in [5, 5.41) is 1.01. The molecule has 0 aliphatic carbocycles. The lowest BCUT2D eigenvalue weighted by molar-refractivity contribution is 0.600. The molecule has 0 saturated heterocycles. The highest BCUT2D eigenvalue weighted by molar-refractivity contribution is 7.29. The fourth-order valence-corrected chi connectivity index (χ4v) is 0.868. The van der Waals surface area contributed by atoms with Gasteiger partial charge in [-0.15, -0.1) is 0 Å². The highest BCUT2D eigenvalue weighted by Crippen LogP contribution is 2.15. The first-order valence-electron chi connectivity index (χ1n) is 2.87. The van der Waals surface area contributed by atoms with Crippen LogP contribution in [0.1, 0.15) is 26.7 Å². The van der Waals surface area contributed by atoms with E-state index in [-0.39, 0.29) is 8.46 Å². The topological polar surface area (TPSA) is 17.1 Å². The van der Waals surface area contributed by atoms with Crippen molar-refractivity contribution in [2.45, 2.75) is 26.7 Å². The van der Waals surface area contributed by atoms with Crippen molar-refractivity contribution in [1.82, 2.24) is 0 Å². The van der Waals surface area contributed by atoms with E-state index in [1.165, 1.54) is 0 Å². The van der Waals surface area contributed by atoms with Crippen LogP contribution in [0, 0.1) is 0 Å². The molecule has 0 radical (unpaired) electrons. The molecule has 0 atom stereocenters. The van der Waals surface area contributed by atoms with Gasteiger partial charge in [0.05, 0.1) is 0 Å². The Morgan fingerprint density at radius 1 is 1.62 bits per heavy atom. The number of hydrogen-bond acceptors (Lipinski definition) is 1. The van der Waals surface area contributed by atoms with E-state index in [1.54, 1.807) is 0 Å². The second-order valence-corrected chi connectivity index (χ2v) is 2.31. The fourth-order valence-electron chi connectivity index (χ4n) is 0.482. The maximum Gasteiger partial charge on any atom is 0.187 e. The lowest BCUT2D eigenvalue weighted by Crippen LogP contribution is -1.64. The van der Waals surface area contributed by atoms with Crippen molar-refractivity contribution in [2.75, 3.05) is 0 Å². The summed E-state index contributed by atoms with van der Waals surface area (Å²) < 4.78 is 10.2. The summed E-state index contributed by atoms with van der Waals surface area (Å²) in [6, 6.07) is 0. The molecule has 2 heteroatoms. The standard InChI is InChI=1S/C6H11OP/c1-3-5-6(4-2)8-7/h5H,3-4H2,1-2H3. The van der Waals surface area contributed by atoms with Crippen LogP contribution in [0.3, 0.4) is 0 Å². The molecule has 0 unspecified atom stereocenters. The fraction of sp³-hybridized carbons (Fsp3) is 0.667. The van der Waals surface area contributed by atoms with E-state index < -0.39 is 0 Å². The van der Waals surface area contributed by atoms with E-state index in [0.29, 0.717) is 0 Å². The number of hydrogen-bond donors (Lipinski definition) is 0. The maximum absolute atomic E-state index is 10.2. The largest absolute Gasteiger partial charge is 0.270 e. The smallest absolute Gasteiger partial charge is 0.187 e. The summed E-state index contributed by atoms with van der Waals surface area (Å²) in [6.07, 6.45) is 3.88. The maximum atomic E-state index is 10.2. The van der Waals surface area contributed by atoms with E-state index in [0.717, 1.165) is 18.2 Å². The van der Waals surface area contributed by atoms with Gasteiger partial charge in [-0.2, -0.15) is 0 Å². The molecule has 0 aliphatic rings. The van der Waals surface area contributed by atoms with Gasteiger partial charge in [-0.3, -0.25) is 4.57 Å². The van der Waals surface area contributed by atoms with Gasteiger partial charge in [0.1, 0.15) is 0 Å². The third-order valence-electron chi connectivity index (χ3n) is 0.919. The Kier molecular flexibility index (Phi) is 4.89. The van der Waals surface area contributed by atoms with Crippen LogP contribution in [-0.2, 0) is 4.57 Å². The molecule has 0 aromatic heterocycles. The van der Waals surface area contributed by atoms with Crippen molar-refractivity contribution >= 4 is 8.46 Å². The number of allylic oxidation sites excluding steroid dienone is 2. The Labute approximate surface area is 52.0 Å². The van der Waals surface area contributed by atoms with Crippen molar-refractivity contribution in [1.29, 1.82) is 0 Å². The molecule has 0 rings (SSSR count). The van der Waals surface area contributed by atoms with Crippen LogP contribution in [0.2, 0.25) is 0 Å². The van der Waals surface area contributed by atoms with Crippen LogP contribution in [0.4, 0.5) is 0 Å². The molecule has 0 aliphatic heterocycles. The minimum absolute atomic E-state index is 0.186. The SMILES string of the molecule is CCC=C(CC)P=O. The van der Waals surface area contributed by atoms with Crippen LogP contribution in [0.5, 0.6) is 0 Å². The molecule has 0 bridgehead atoms. The normalized spacial score (nSPS) is 12.5. The van der Waals surface area contributed by atoms with E-state index in [2.05, 4.69) is 0 Å². The molecular weight excluding hydrogens is 119 g/mol. The number of rotatable bonds is 3. The molecule has 0 aromatic rings. The van der Waals surface area contributed by atoms with Crippen LogP contribution >= 0.6 is 8.46 Å². The van der Waals surface area contributed by atoms with Crippen molar-refractivity contribution < 1.29 is 4.57 Å². The first-order valence-corrected chi connectivity index (χ1v) is 3.68. The van der Waals surface area contributed by atoms with E-state index >= 15 is 0 Å². The Bertz CT molecular complexity index is 96.7. The zero-order valence-electron chi connectivity index (χ0n) is 5.35. The Morgan fingerprint density at radius 2 is 2.25 bits per heavy atom. The van der Waals surface area contributed by atoms with Gasteiger partial charge in [-0.05, 0) is 12.8 Å². The van der Waals surface area contributed by atoms with Crippen LogP contribution in [0.15, 0.2) is 11.4 Å². The predicted octanol–water partition coefficient (Wildman–Crippen LogP) is 2.98. The summed E-state index contributed by atoms with van der Waals surface area (Å²) in [6.45, 7) is 4.05. The molecule has 0 N–H and O–H groups in total. The molecule has 0 aromatic carbocycles. The first kappa shape index (κ1) is 7.84. The van der Waals surface area contributed by atoms with Crippen molar-refractivity contribution in [3.63, 3.8) is 0 Å². The van der Waals surface area contributed by atoms with Gasteiger partial charge >= 0.3 is 0 Å². The Morgan fingerprint density at radius 3 is 2.38 bits per heavy atom. The molecular formula is C6H11OP. The van der Waals surface area contributed by atoms with Crippen LogP contribution in [0.25, 0.3) is 0 Å². The summed E-state index contributed by atoms with van der Waals surface area (Å²) in [5.41, 5.74) is 0. The van der Waals surface area contributed by atoms with Gasteiger partial charge in [0.2, 0.25) is 0 Å².